The molecule has 2 aromatic rings. The summed E-state index contributed by atoms with van der Waals surface area (Å²) in [7, 11) is 3.11. The van der Waals surface area contributed by atoms with Gasteiger partial charge in [0.05, 0.1) is 25.8 Å². The average molecular weight is 449 g/mol. The molecule has 1 fully saturated rings. The van der Waals surface area contributed by atoms with E-state index in [4.69, 9.17) is 9.47 Å². The number of nitrogens with one attached hydrogen (secondary N) is 1. The first kappa shape index (κ1) is 19.3. The molecule has 0 unspecified atom stereocenters. The van der Waals surface area contributed by atoms with Crippen LogP contribution in [-0.2, 0) is 4.79 Å². The van der Waals surface area contributed by atoms with Crippen molar-refractivity contribution in [3.63, 3.8) is 0 Å². The lowest BCUT2D eigenvalue weighted by atomic mass is 10.1. The van der Waals surface area contributed by atoms with Gasteiger partial charge in [0.15, 0.2) is 0 Å². The number of hydrogen-bond acceptors (Lipinski definition) is 6. The van der Waals surface area contributed by atoms with Crippen LogP contribution in [0.15, 0.2) is 51.8 Å². The normalized spacial score (nSPS) is 15.4. The number of carbonyl (C=O) groups excluding carboxylic acids is 2. The van der Waals surface area contributed by atoms with E-state index in [1.807, 2.05) is 24.3 Å². The molecule has 0 atom stereocenters. The van der Waals surface area contributed by atoms with E-state index in [2.05, 4.69) is 21.2 Å². The number of methoxy groups -OCH3 is 2. The summed E-state index contributed by atoms with van der Waals surface area (Å²) < 4.78 is 11.4. The highest BCUT2D eigenvalue weighted by Gasteiger charge is 2.35. The number of nitrogens with zero attached hydrogens (tertiary/aromatic N) is 1. The SMILES string of the molecule is COc1ccc(OC)c(/C=C2/SC(=O)N(CNc3ccccc3Br)C2=O)c1. The zero-order valence-corrected chi connectivity index (χ0v) is 17.1. The fourth-order valence-electron chi connectivity index (χ4n) is 2.50. The highest BCUT2D eigenvalue weighted by molar-refractivity contribution is 9.10. The van der Waals surface area contributed by atoms with Gasteiger partial charge in [-0.3, -0.25) is 14.5 Å². The number of rotatable bonds is 6. The fourth-order valence-corrected chi connectivity index (χ4v) is 3.75. The van der Waals surface area contributed by atoms with Crippen LogP contribution in [0.3, 0.4) is 0 Å². The molecule has 0 saturated carbocycles. The summed E-state index contributed by atoms with van der Waals surface area (Å²) in [6, 6.07) is 12.8. The average Bonchev–Trinajstić information content (AvgIpc) is 2.94. The summed E-state index contributed by atoms with van der Waals surface area (Å²) in [5, 5.41) is 2.77. The first-order valence-electron chi connectivity index (χ1n) is 7.99. The minimum absolute atomic E-state index is 0.0832. The zero-order chi connectivity index (χ0) is 19.4. The van der Waals surface area contributed by atoms with E-state index in [0.717, 1.165) is 21.9 Å². The number of benzene rings is 2. The lowest BCUT2D eigenvalue weighted by molar-refractivity contribution is -0.122. The van der Waals surface area contributed by atoms with E-state index in [1.54, 1.807) is 38.5 Å². The molecule has 27 heavy (non-hydrogen) atoms. The molecule has 0 aromatic heterocycles. The number of imide groups is 1. The minimum atomic E-state index is -0.352. The highest BCUT2D eigenvalue weighted by Crippen LogP contribution is 2.35. The first-order chi connectivity index (χ1) is 13.0. The Balaban J connectivity index is 1.80. The molecule has 1 aliphatic rings. The summed E-state index contributed by atoms with van der Waals surface area (Å²) in [6.07, 6.45) is 1.64. The number of carbonyl (C=O) groups is 2. The quantitative estimate of drug-likeness (QED) is 0.652. The third-order valence-corrected chi connectivity index (χ3v) is 5.50. The predicted molar refractivity (Wildman–Crippen MR) is 110 cm³/mol. The van der Waals surface area contributed by atoms with Crippen LogP contribution in [-0.4, -0.2) is 36.9 Å². The molecular weight excluding hydrogens is 432 g/mol. The van der Waals surface area contributed by atoms with Gasteiger partial charge in [0, 0.05) is 15.7 Å². The Hall–Kier alpha value is -2.45. The van der Waals surface area contributed by atoms with Crippen molar-refractivity contribution >= 4 is 50.6 Å². The second kappa shape index (κ2) is 8.49. The lowest BCUT2D eigenvalue weighted by Crippen LogP contribution is -2.33. The molecule has 8 heteroatoms. The van der Waals surface area contributed by atoms with E-state index in [9.17, 15) is 9.59 Å². The van der Waals surface area contributed by atoms with E-state index in [0.29, 0.717) is 22.0 Å². The van der Waals surface area contributed by atoms with Crippen molar-refractivity contribution in [3.05, 3.63) is 57.4 Å². The van der Waals surface area contributed by atoms with Gasteiger partial charge in [-0.15, -0.1) is 0 Å². The number of thioether (sulfide) groups is 1. The van der Waals surface area contributed by atoms with E-state index < -0.39 is 0 Å². The van der Waals surface area contributed by atoms with Gasteiger partial charge in [-0.25, -0.2) is 0 Å². The molecule has 1 N–H and O–H groups in total. The maximum atomic E-state index is 12.7. The maximum absolute atomic E-state index is 12.7. The van der Waals surface area contributed by atoms with Gasteiger partial charge in [-0.2, -0.15) is 0 Å². The number of para-hydroxylation sites is 1. The number of hydrogen-bond donors (Lipinski definition) is 1. The Kier molecular flexibility index (Phi) is 6.08. The Morgan fingerprint density at radius 1 is 1.15 bits per heavy atom. The number of ether oxygens (including phenoxy) is 2. The molecule has 3 rings (SSSR count). The minimum Gasteiger partial charge on any atom is -0.497 e. The van der Waals surface area contributed by atoms with E-state index >= 15 is 0 Å². The van der Waals surface area contributed by atoms with Gasteiger partial charge >= 0.3 is 0 Å². The Bertz CT molecular complexity index is 916. The summed E-state index contributed by atoms with van der Waals surface area (Å²) >= 11 is 4.33. The third kappa shape index (κ3) is 4.28. The summed E-state index contributed by atoms with van der Waals surface area (Å²) in [5.41, 5.74) is 1.47. The number of anilines is 1. The van der Waals surface area contributed by atoms with Crippen LogP contribution in [0.5, 0.6) is 11.5 Å². The third-order valence-electron chi connectivity index (χ3n) is 3.90. The molecule has 6 nitrogen and oxygen atoms in total. The Labute approximate surface area is 169 Å². The van der Waals surface area contributed by atoms with Gasteiger partial charge in [-0.05, 0) is 64.1 Å². The van der Waals surface area contributed by atoms with Crippen molar-refractivity contribution in [1.29, 1.82) is 0 Å². The van der Waals surface area contributed by atoms with Gasteiger partial charge in [0.25, 0.3) is 11.1 Å². The molecular formula is C19H17BrN2O4S. The molecule has 2 amide bonds. The molecule has 1 saturated heterocycles. The van der Waals surface area contributed by atoms with Crippen LogP contribution < -0.4 is 14.8 Å². The molecule has 0 bridgehead atoms. The second-order valence-corrected chi connectivity index (χ2v) is 7.38. The zero-order valence-electron chi connectivity index (χ0n) is 14.7. The van der Waals surface area contributed by atoms with Crippen molar-refractivity contribution in [2.24, 2.45) is 0 Å². The Morgan fingerprint density at radius 3 is 2.63 bits per heavy atom. The molecule has 1 aliphatic heterocycles. The van der Waals surface area contributed by atoms with Crippen molar-refractivity contribution in [3.8, 4) is 11.5 Å². The monoisotopic (exact) mass is 448 g/mol. The van der Waals surface area contributed by atoms with Crippen LogP contribution in [0.1, 0.15) is 5.56 Å². The van der Waals surface area contributed by atoms with E-state index in [-0.39, 0.29) is 17.8 Å². The van der Waals surface area contributed by atoms with Crippen molar-refractivity contribution < 1.29 is 19.1 Å². The van der Waals surface area contributed by atoms with Gasteiger partial charge in [-0.1, -0.05) is 12.1 Å². The molecule has 0 radical (unpaired) electrons. The molecule has 0 aliphatic carbocycles. The molecule has 2 aromatic carbocycles. The standard InChI is InChI=1S/C19H17BrN2O4S/c1-25-13-7-8-16(26-2)12(9-13)10-17-18(23)22(19(24)27-17)11-21-15-6-4-3-5-14(15)20/h3-10,21H,11H2,1-2H3/b17-10+. The first-order valence-corrected chi connectivity index (χ1v) is 9.60. The van der Waals surface area contributed by atoms with Crippen molar-refractivity contribution in [1.82, 2.24) is 4.90 Å². The molecule has 1 heterocycles. The summed E-state index contributed by atoms with van der Waals surface area (Å²) in [6.45, 7) is 0.0832. The van der Waals surface area contributed by atoms with Crippen molar-refractivity contribution in [2.45, 2.75) is 0 Å². The van der Waals surface area contributed by atoms with E-state index in [1.165, 1.54) is 4.90 Å². The van der Waals surface area contributed by atoms with Crippen LogP contribution in [0.2, 0.25) is 0 Å². The van der Waals surface area contributed by atoms with Gasteiger partial charge < -0.3 is 14.8 Å². The topological polar surface area (TPSA) is 67.9 Å². The molecule has 140 valence electrons. The summed E-state index contributed by atoms with van der Waals surface area (Å²) in [4.78, 5) is 26.5. The fraction of sp³-hybridized carbons (Fsp3) is 0.158. The number of amides is 2. The summed E-state index contributed by atoms with van der Waals surface area (Å²) in [5.74, 6) is 0.875. The van der Waals surface area contributed by atoms with Crippen LogP contribution >= 0.6 is 27.7 Å². The maximum Gasteiger partial charge on any atom is 0.295 e. The Morgan fingerprint density at radius 2 is 1.93 bits per heavy atom. The van der Waals surface area contributed by atoms with Gasteiger partial charge in [0.2, 0.25) is 0 Å². The van der Waals surface area contributed by atoms with Gasteiger partial charge in [0.1, 0.15) is 11.5 Å². The highest BCUT2D eigenvalue weighted by atomic mass is 79.9. The van der Waals surface area contributed by atoms with Crippen LogP contribution in [0, 0.1) is 0 Å². The second-order valence-electron chi connectivity index (χ2n) is 5.53. The van der Waals surface area contributed by atoms with Crippen LogP contribution in [0.4, 0.5) is 10.5 Å². The lowest BCUT2D eigenvalue weighted by Gasteiger charge is -2.15. The largest absolute Gasteiger partial charge is 0.497 e. The van der Waals surface area contributed by atoms with Crippen molar-refractivity contribution in [2.75, 3.05) is 26.2 Å². The number of halogens is 1. The smallest absolute Gasteiger partial charge is 0.295 e. The van der Waals surface area contributed by atoms with Crippen LogP contribution in [0.25, 0.3) is 6.08 Å². The molecule has 0 spiro atoms. The predicted octanol–water partition coefficient (Wildman–Crippen LogP) is 4.57.